The molecule has 0 saturated carbocycles. The van der Waals surface area contributed by atoms with Crippen molar-refractivity contribution in [3.05, 3.63) is 89.7 Å². The van der Waals surface area contributed by atoms with E-state index in [-0.39, 0.29) is 0 Å². The third-order valence-corrected chi connectivity index (χ3v) is 6.07. The van der Waals surface area contributed by atoms with Crippen LogP contribution in [0.4, 0.5) is 0 Å². The second kappa shape index (κ2) is 6.75. The highest BCUT2D eigenvalue weighted by molar-refractivity contribution is 5.79. The third kappa shape index (κ3) is 2.86. The van der Waals surface area contributed by atoms with E-state index in [4.69, 9.17) is 4.98 Å². The lowest BCUT2D eigenvalue weighted by molar-refractivity contribution is 0.295. The van der Waals surface area contributed by atoms with E-state index < -0.39 is 0 Å². The molecule has 1 atom stereocenters. The van der Waals surface area contributed by atoms with Crippen LogP contribution in [-0.2, 0) is 6.54 Å². The molecule has 5 aromatic rings. The van der Waals surface area contributed by atoms with Gasteiger partial charge in [-0.05, 0) is 48.0 Å². The van der Waals surface area contributed by atoms with Gasteiger partial charge in [-0.2, -0.15) is 5.10 Å². The van der Waals surface area contributed by atoms with Crippen LogP contribution < -0.4 is 0 Å². The van der Waals surface area contributed by atoms with E-state index in [1.54, 1.807) is 0 Å². The summed E-state index contributed by atoms with van der Waals surface area (Å²) in [5.74, 6) is 0.336. The molecule has 0 spiro atoms. The third-order valence-electron chi connectivity index (χ3n) is 6.07. The SMILES string of the molecule is CN1Cc2cc(-c3cnc4ccccc4n3)ccc2C(c2ccc3cn[nH]c3c2)C1. The highest BCUT2D eigenvalue weighted by atomic mass is 15.1. The van der Waals surface area contributed by atoms with Crippen LogP contribution in [0.2, 0.25) is 0 Å². The van der Waals surface area contributed by atoms with E-state index in [9.17, 15) is 0 Å². The minimum Gasteiger partial charge on any atom is -0.301 e. The molecule has 1 N–H and O–H groups in total. The number of H-pyrrole nitrogens is 1. The zero-order valence-corrected chi connectivity index (χ0v) is 16.7. The van der Waals surface area contributed by atoms with E-state index in [1.165, 1.54) is 16.7 Å². The fraction of sp³-hybridized carbons (Fsp3) is 0.160. The highest BCUT2D eigenvalue weighted by Crippen LogP contribution is 2.36. The van der Waals surface area contributed by atoms with Crippen LogP contribution in [0, 0.1) is 0 Å². The summed E-state index contributed by atoms with van der Waals surface area (Å²) < 4.78 is 0. The molecule has 0 amide bonds. The van der Waals surface area contributed by atoms with Crippen LogP contribution in [-0.4, -0.2) is 38.7 Å². The molecule has 3 heterocycles. The van der Waals surface area contributed by atoms with Gasteiger partial charge in [0.05, 0.1) is 34.6 Å². The van der Waals surface area contributed by atoms with E-state index >= 15 is 0 Å². The molecule has 0 aliphatic carbocycles. The molecule has 0 radical (unpaired) electrons. The Morgan fingerprint density at radius 2 is 1.87 bits per heavy atom. The number of fused-ring (bicyclic) bond motifs is 3. The second-order valence-electron chi connectivity index (χ2n) is 8.12. The minimum atomic E-state index is 0.336. The lowest BCUT2D eigenvalue weighted by atomic mass is 9.83. The number of nitrogens with one attached hydrogen (secondary N) is 1. The van der Waals surface area contributed by atoms with Crippen molar-refractivity contribution in [2.24, 2.45) is 0 Å². The van der Waals surface area contributed by atoms with Crippen LogP contribution in [0.1, 0.15) is 22.6 Å². The van der Waals surface area contributed by atoms with Gasteiger partial charge in [-0.15, -0.1) is 0 Å². The van der Waals surface area contributed by atoms with Crippen molar-refractivity contribution in [3.63, 3.8) is 0 Å². The van der Waals surface area contributed by atoms with Gasteiger partial charge in [0, 0.05) is 30.0 Å². The summed E-state index contributed by atoms with van der Waals surface area (Å²) in [5, 5.41) is 8.41. The smallest absolute Gasteiger partial charge is 0.0894 e. The predicted octanol–water partition coefficient (Wildman–Crippen LogP) is 4.75. The summed E-state index contributed by atoms with van der Waals surface area (Å²) >= 11 is 0. The molecule has 6 rings (SSSR count). The van der Waals surface area contributed by atoms with Crippen molar-refractivity contribution in [3.8, 4) is 11.3 Å². The first kappa shape index (κ1) is 17.3. The van der Waals surface area contributed by atoms with Crippen LogP contribution in [0.15, 0.2) is 73.1 Å². The molecule has 1 unspecified atom stereocenters. The largest absolute Gasteiger partial charge is 0.301 e. The van der Waals surface area contributed by atoms with Crippen LogP contribution in [0.5, 0.6) is 0 Å². The number of hydrogen-bond donors (Lipinski definition) is 1. The number of benzene rings is 3. The van der Waals surface area contributed by atoms with Crippen molar-refractivity contribution in [2.75, 3.05) is 13.6 Å². The normalized spacial score (nSPS) is 16.8. The summed E-state index contributed by atoms with van der Waals surface area (Å²) in [6.07, 6.45) is 3.75. The molecule has 5 nitrogen and oxygen atoms in total. The van der Waals surface area contributed by atoms with E-state index in [0.717, 1.165) is 46.3 Å². The Bertz CT molecular complexity index is 1390. The zero-order valence-electron chi connectivity index (χ0n) is 16.7. The molecule has 2 aromatic heterocycles. The van der Waals surface area contributed by atoms with Gasteiger partial charge in [-0.25, -0.2) is 4.98 Å². The van der Waals surface area contributed by atoms with Crippen molar-refractivity contribution in [2.45, 2.75) is 12.5 Å². The minimum absolute atomic E-state index is 0.336. The Labute approximate surface area is 174 Å². The molecule has 5 heteroatoms. The maximum Gasteiger partial charge on any atom is 0.0894 e. The van der Waals surface area contributed by atoms with E-state index in [1.807, 2.05) is 36.7 Å². The van der Waals surface area contributed by atoms with Gasteiger partial charge < -0.3 is 4.90 Å². The molecule has 0 fully saturated rings. The number of aromatic nitrogens is 4. The molecule has 1 aliphatic heterocycles. The summed E-state index contributed by atoms with van der Waals surface area (Å²) in [5.41, 5.74) is 9.03. The molecular weight excluding hydrogens is 370 g/mol. The quantitative estimate of drug-likeness (QED) is 0.472. The van der Waals surface area contributed by atoms with Crippen LogP contribution >= 0.6 is 0 Å². The van der Waals surface area contributed by atoms with Crippen LogP contribution in [0.3, 0.4) is 0 Å². The monoisotopic (exact) mass is 391 g/mol. The zero-order chi connectivity index (χ0) is 20.1. The molecule has 146 valence electrons. The first-order chi connectivity index (χ1) is 14.7. The standard InChI is InChI=1S/C25H21N5/c1-30-14-19-10-17(25-13-26-22-4-2-3-5-23(22)28-25)8-9-20(19)21(15-30)16-6-7-18-12-27-29-24(18)11-16/h2-13,21H,14-15H2,1H3,(H,27,29). The maximum absolute atomic E-state index is 4.83. The first-order valence-corrected chi connectivity index (χ1v) is 10.2. The Balaban J connectivity index is 1.43. The molecule has 0 bridgehead atoms. The van der Waals surface area contributed by atoms with Crippen LogP contribution in [0.25, 0.3) is 33.2 Å². The number of rotatable bonds is 2. The van der Waals surface area contributed by atoms with Crippen molar-refractivity contribution >= 4 is 21.9 Å². The highest BCUT2D eigenvalue weighted by Gasteiger charge is 2.25. The average molecular weight is 391 g/mol. The molecule has 1 aliphatic rings. The molecule has 30 heavy (non-hydrogen) atoms. The number of hydrogen-bond acceptors (Lipinski definition) is 4. The number of aromatic amines is 1. The second-order valence-corrected chi connectivity index (χ2v) is 8.12. The predicted molar refractivity (Wildman–Crippen MR) is 119 cm³/mol. The Morgan fingerprint density at radius 1 is 0.967 bits per heavy atom. The fourth-order valence-corrected chi connectivity index (χ4v) is 4.56. The lowest BCUT2D eigenvalue weighted by Crippen LogP contribution is -2.31. The fourth-order valence-electron chi connectivity index (χ4n) is 4.56. The topological polar surface area (TPSA) is 57.7 Å². The summed E-state index contributed by atoms with van der Waals surface area (Å²) in [6, 6.07) is 21.4. The molecular formula is C25H21N5. The Kier molecular flexibility index (Phi) is 3.89. The number of likely N-dealkylation sites (N-methyl/N-ethyl adjacent to an activating group) is 1. The van der Waals surface area contributed by atoms with Gasteiger partial charge in [-0.3, -0.25) is 10.1 Å². The van der Waals surface area contributed by atoms with E-state index in [2.05, 4.69) is 63.5 Å². The molecule has 0 saturated heterocycles. The summed E-state index contributed by atoms with van der Waals surface area (Å²) in [4.78, 5) is 11.8. The van der Waals surface area contributed by atoms with Gasteiger partial charge in [0.1, 0.15) is 0 Å². The lowest BCUT2D eigenvalue weighted by Gasteiger charge is -2.33. The first-order valence-electron chi connectivity index (χ1n) is 10.2. The average Bonchev–Trinajstić information content (AvgIpc) is 3.25. The van der Waals surface area contributed by atoms with Crippen molar-refractivity contribution < 1.29 is 0 Å². The Hall–Kier alpha value is -3.57. The summed E-state index contributed by atoms with van der Waals surface area (Å²) in [6.45, 7) is 1.94. The van der Waals surface area contributed by atoms with Gasteiger partial charge in [0.15, 0.2) is 0 Å². The van der Waals surface area contributed by atoms with Gasteiger partial charge in [-0.1, -0.05) is 36.4 Å². The van der Waals surface area contributed by atoms with E-state index in [0.29, 0.717) is 5.92 Å². The van der Waals surface area contributed by atoms with Crippen molar-refractivity contribution in [1.82, 2.24) is 25.1 Å². The van der Waals surface area contributed by atoms with Crippen molar-refractivity contribution in [1.29, 1.82) is 0 Å². The van der Waals surface area contributed by atoms with Gasteiger partial charge >= 0.3 is 0 Å². The number of nitrogens with zero attached hydrogens (tertiary/aromatic N) is 4. The van der Waals surface area contributed by atoms with Gasteiger partial charge in [0.25, 0.3) is 0 Å². The summed E-state index contributed by atoms with van der Waals surface area (Å²) in [7, 11) is 2.19. The van der Waals surface area contributed by atoms with Gasteiger partial charge in [0.2, 0.25) is 0 Å². The molecule has 3 aromatic carbocycles. The Morgan fingerprint density at radius 3 is 2.80 bits per heavy atom. The maximum atomic E-state index is 4.83. The number of para-hydroxylation sites is 2.